The van der Waals surface area contributed by atoms with Gasteiger partial charge in [0, 0.05) is 18.8 Å². The summed E-state index contributed by atoms with van der Waals surface area (Å²) in [6.07, 6.45) is 0. The van der Waals surface area contributed by atoms with Gasteiger partial charge in [-0.1, -0.05) is 48.0 Å². The molecule has 6 heteroatoms. The van der Waals surface area contributed by atoms with Crippen molar-refractivity contribution in [1.82, 2.24) is 0 Å². The van der Waals surface area contributed by atoms with Gasteiger partial charge in [-0.3, -0.25) is 9.59 Å². The Hall–Kier alpha value is -4.06. The fraction of sp³-hybridized carbons (Fsp3) is 0.154. The van der Waals surface area contributed by atoms with Crippen molar-refractivity contribution in [3.8, 4) is 11.5 Å². The standard InChI is InChI=1S/C26H24N2O4/c1-17-10-12-18(13-11-17)23-24(27(2)19-8-6-5-7-9-19)26(30)28(25(23)29)20-14-15-21(31-3)22(16-20)32-4/h5-16H,1-4H3. The van der Waals surface area contributed by atoms with Crippen molar-refractivity contribution in [3.05, 3.63) is 89.6 Å². The lowest BCUT2D eigenvalue weighted by Gasteiger charge is -2.22. The Kier molecular flexibility index (Phi) is 5.69. The van der Waals surface area contributed by atoms with Gasteiger partial charge in [-0.25, -0.2) is 4.90 Å². The fourth-order valence-corrected chi connectivity index (χ4v) is 3.79. The number of hydrogen-bond donors (Lipinski definition) is 0. The third-order valence-electron chi connectivity index (χ3n) is 5.50. The molecule has 32 heavy (non-hydrogen) atoms. The summed E-state index contributed by atoms with van der Waals surface area (Å²) in [5.74, 6) is 0.170. The van der Waals surface area contributed by atoms with Crippen molar-refractivity contribution in [1.29, 1.82) is 0 Å². The summed E-state index contributed by atoms with van der Waals surface area (Å²) >= 11 is 0. The van der Waals surface area contributed by atoms with Crippen LogP contribution in [0, 0.1) is 6.92 Å². The molecule has 0 bridgehead atoms. The zero-order chi connectivity index (χ0) is 22.8. The molecule has 0 saturated heterocycles. The lowest BCUT2D eigenvalue weighted by Crippen LogP contribution is -2.34. The monoisotopic (exact) mass is 428 g/mol. The van der Waals surface area contributed by atoms with E-state index < -0.39 is 5.91 Å². The van der Waals surface area contributed by atoms with Crippen LogP contribution in [0.5, 0.6) is 11.5 Å². The molecular formula is C26H24N2O4. The maximum absolute atomic E-state index is 13.7. The van der Waals surface area contributed by atoms with E-state index in [2.05, 4.69) is 0 Å². The molecule has 0 N–H and O–H groups in total. The highest BCUT2D eigenvalue weighted by molar-refractivity contribution is 6.46. The number of nitrogens with zero attached hydrogens (tertiary/aromatic N) is 2. The summed E-state index contributed by atoms with van der Waals surface area (Å²) in [6, 6.07) is 22.1. The number of hydrogen-bond acceptors (Lipinski definition) is 5. The molecule has 1 aliphatic heterocycles. The van der Waals surface area contributed by atoms with Crippen molar-refractivity contribution >= 4 is 28.8 Å². The lowest BCUT2D eigenvalue weighted by molar-refractivity contribution is -0.120. The van der Waals surface area contributed by atoms with Gasteiger partial charge in [-0.2, -0.15) is 0 Å². The summed E-state index contributed by atoms with van der Waals surface area (Å²) in [5.41, 5.74) is 3.66. The molecule has 0 atom stereocenters. The minimum Gasteiger partial charge on any atom is -0.493 e. The van der Waals surface area contributed by atoms with E-state index in [4.69, 9.17) is 9.47 Å². The summed E-state index contributed by atoms with van der Waals surface area (Å²) < 4.78 is 10.7. The first-order valence-corrected chi connectivity index (χ1v) is 10.2. The topological polar surface area (TPSA) is 59.1 Å². The van der Waals surface area contributed by atoms with E-state index in [1.807, 2.05) is 61.5 Å². The van der Waals surface area contributed by atoms with E-state index in [1.54, 1.807) is 30.1 Å². The zero-order valence-corrected chi connectivity index (χ0v) is 18.5. The highest BCUT2D eigenvalue weighted by Crippen LogP contribution is 2.39. The number of methoxy groups -OCH3 is 2. The molecule has 162 valence electrons. The van der Waals surface area contributed by atoms with Gasteiger partial charge in [0.2, 0.25) is 0 Å². The molecule has 0 unspecified atom stereocenters. The highest BCUT2D eigenvalue weighted by atomic mass is 16.5. The molecule has 0 saturated carbocycles. The highest BCUT2D eigenvalue weighted by Gasteiger charge is 2.42. The molecule has 0 fully saturated rings. The van der Waals surface area contributed by atoms with E-state index in [9.17, 15) is 9.59 Å². The van der Waals surface area contributed by atoms with Crippen molar-refractivity contribution in [2.24, 2.45) is 0 Å². The SMILES string of the molecule is COc1ccc(N2C(=O)C(c3ccc(C)cc3)=C(N(C)c3ccccc3)C2=O)cc1OC. The van der Waals surface area contributed by atoms with Gasteiger partial charge in [-0.15, -0.1) is 0 Å². The number of rotatable bonds is 6. The Balaban J connectivity index is 1.86. The first kappa shape index (κ1) is 21.2. The predicted octanol–water partition coefficient (Wildman–Crippen LogP) is 4.43. The van der Waals surface area contributed by atoms with Crippen LogP contribution in [0.1, 0.15) is 11.1 Å². The molecule has 4 rings (SSSR count). The van der Waals surface area contributed by atoms with Crippen LogP contribution in [0.25, 0.3) is 5.57 Å². The van der Waals surface area contributed by atoms with Crippen LogP contribution in [-0.4, -0.2) is 33.1 Å². The molecular weight excluding hydrogens is 404 g/mol. The van der Waals surface area contributed by atoms with Crippen molar-refractivity contribution in [2.75, 3.05) is 31.1 Å². The zero-order valence-electron chi connectivity index (χ0n) is 18.5. The van der Waals surface area contributed by atoms with Crippen molar-refractivity contribution in [3.63, 3.8) is 0 Å². The van der Waals surface area contributed by atoms with E-state index in [1.165, 1.54) is 19.1 Å². The number of aryl methyl sites for hydroxylation is 1. The molecule has 0 aliphatic carbocycles. The second-order valence-electron chi connectivity index (χ2n) is 7.47. The Morgan fingerprint density at radius 2 is 1.44 bits per heavy atom. The second-order valence-corrected chi connectivity index (χ2v) is 7.47. The van der Waals surface area contributed by atoms with Gasteiger partial charge in [0.25, 0.3) is 11.8 Å². The maximum Gasteiger partial charge on any atom is 0.282 e. The summed E-state index contributed by atoms with van der Waals surface area (Å²) in [7, 11) is 4.84. The largest absolute Gasteiger partial charge is 0.493 e. The minimum absolute atomic E-state index is 0.319. The number of imide groups is 1. The molecule has 0 aromatic heterocycles. The van der Waals surface area contributed by atoms with Crippen molar-refractivity contribution in [2.45, 2.75) is 6.92 Å². The summed E-state index contributed by atoms with van der Waals surface area (Å²) in [6.45, 7) is 1.98. The van der Waals surface area contributed by atoms with E-state index in [0.29, 0.717) is 34.0 Å². The average molecular weight is 428 g/mol. The molecule has 3 aromatic rings. The quantitative estimate of drug-likeness (QED) is 0.544. The van der Waals surface area contributed by atoms with Crippen LogP contribution >= 0.6 is 0 Å². The van der Waals surface area contributed by atoms with E-state index in [-0.39, 0.29) is 5.91 Å². The first-order chi connectivity index (χ1) is 15.5. The number of para-hydroxylation sites is 1. The van der Waals surface area contributed by atoms with Gasteiger partial charge < -0.3 is 14.4 Å². The molecule has 2 amide bonds. The molecule has 1 aliphatic rings. The van der Waals surface area contributed by atoms with Gasteiger partial charge in [0.05, 0.1) is 25.5 Å². The minimum atomic E-state index is -0.399. The summed E-state index contributed by atoms with van der Waals surface area (Å²) in [5, 5.41) is 0. The molecule has 0 spiro atoms. The van der Waals surface area contributed by atoms with Crippen LogP contribution < -0.4 is 19.3 Å². The second kappa shape index (κ2) is 8.59. The third-order valence-corrected chi connectivity index (χ3v) is 5.50. The normalized spacial score (nSPS) is 13.6. The Morgan fingerprint density at radius 3 is 2.06 bits per heavy atom. The number of ether oxygens (including phenoxy) is 2. The fourth-order valence-electron chi connectivity index (χ4n) is 3.79. The number of carbonyl (C=O) groups is 2. The van der Waals surface area contributed by atoms with Crippen LogP contribution in [0.15, 0.2) is 78.5 Å². The predicted molar refractivity (Wildman–Crippen MR) is 125 cm³/mol. The number of benzene rings is 3. The number of carbonyl (C=O) groups excluding carboxylic acids is 2. The van der Waals surface area contributed by atoms with Gasteiger partial charge in [-0.05, 0) is 36.8 Å². The molecule has 3 aromatic carbocycles. The number of likely N-dealkylation sites (N-methyl/N-ethyl adjacent to an activating group) is 1. The average Bonchev–Trinajstić information content (AvgIpc) is 3.09. The molecule has 6 nitrogen and oxygen atoms in total. The lowest BCUT2D eigenvalue weighted by atomic mass is 10.0. The molecule has 0 radical (unpaired) electrons. The smallest absolute Gasteiger partial charge is 0.282 e. The Bertz CT molecular complexity index is 1200. The third kappa shape index (κ3) is 3.60. The summed E-state index contributed by atoms with van der Waals surface area (Å²) in [4.78, 5) is 30.3. The Morgan fingerprint density at radius 1 is 0.781 bits per heavy atom. The van der Waals surface area contributed by atoms with Crippen LogP contribution in [0.4, 0.5) is 11.4 Å². The van der Waals surface area contributed by atoms with E-state index in [0.717, 1.165) is 11.3 Å². The van der Waals surface area contributed by atoms with Gasteiger partial charge >= 0.3 is 0 Å². The first-order valence-electron chi connectivity index (χ1n) is 10.2. The number of amides is 2. The Labute approximate surface area is 187 Å². The van der Waals surface area contributed by atoms with Crippen molar-refractivity contribution < 1.29 is 19.1 Å². The van der Waals surface area contributed by atoms with Crippen LogP contribution in [0.3, 0.4) is 0 Å². The van der Waals surface area contributed by atoms with Crippen LogP contribution in [0.2, 0.25) is 0 Å². The van der Waals surface area contributed by atoms with Gasteiger partial charge in [0.1, 0.15) is 5.70 Å². The van der Waals surface area contributed by atoms with Gasteiger partial charge in [0.15, 0.2) is 11.5 Å². The maximum atomic E-state index is 13.7. The van der Waals surface area contributed by atoms with E-state index >= 15 is 0 Å². The number of anilines is 2. The molecule has 1 heterocycles. The van der Waals surface area contributed by atoms with Crippen LogP contribution in [-0.2, 0) is 9.59 Å².